The van der Waals surface area contributed by atoms with E-state index in [2.05, 4.69) is 26.2 Å². The van der Waals surface area contributed by atoms with Gasteiger partial charge in [0, 0.05) is 34.4 Å². The van der Waals surface area contributed by atoms with Crippen molar-refractivity contribution in [3.8, 4) is 5.69 Å². The van der Waals surface area contributed by atoms with E-state index in [-0.39, 0.29) is 5.91 Å². The van der Waals surface area contributed by atoms with E-state index in [0.717, 1.165) is 11.4 Å². The van der Waals surface area contributed by atoms with E-state index in [1.54, 1.807) is 18.3 Å². The van der Waals surface area contributed by atoms with Crippen molar-refractivity contribution in [2.45, 2.75) is 0 Å². The number of rotatable bonds is 3. The van der Waals surface area contributed by atoms with Gasteiger partial charge in [-0.1, -0.05) is 6.07 Å². The first-order valence-corrected chi connectivity index (χ1v) is 7.18. The lowest BCUT2D eigenvalue weighted by atomic mass is 10.2. The smallest absolute Gasteiger partial charge is 0.275 e. The minimum absolute atomic E-state index is 0.243. The summed E-state index contributed by atoms with van der Waals surface area (Å²) in [6, 6.07) is 15.1. The lowest BCUT2D eigenvalue weighted by Crippen LogP contribution is -2.14. The molecule has 0 aliphatic carbocycles. The van der Waals surface area contributed by atoms with Gasteiger partial charge in [0.05, 0.1) is 0 Å². The molecule has 2 heterocycles. The Morgan fingerprint density at radius 3 is 2.67 bits per heavy atom. The Hall–Kier alpha value is -2.40. The summed E-state index contributed by atoms with van der Waals surface area (Å²) in [5.74, 6) is -0.243. The summed E-state index contributed by atoms with van der Waals surface area (Å²) in [5, 5.41) is 2.86. The van der Waals surface area contributed by atoms with Crippen molar-refractivity contribution in [1.29, 1.82) is 0 Å². The number of hydrogen-bond donors (Lipinski definition) is 1. The summed E-state index contributed by atoms with van der Waals surface area (Å²) >= 11 is 3.33. The molecule has 0 bridgehead atoms. The van der Waals surface area contributed by atoms with Crippen LogP contribution in [0.1, 0.15) is 10.5 Å². The van der Waals surface area contributed by atoms with Crippen LogP contribution in [0.25, 0.3) is 5.69 Å². The largest absolute Gasteiger partial charge is 0.324 e. The van der Waals surface area contributed by atoms with Crippen molar-refractivity contribution in [2.24, 2.45) is 0 Å². The molecule has 0 radical (unpaired) electrons. The van der Waals surface area contributed by atoms with E-state index in [1.807, 2.05) is 53.4 Å². The van der Waals surface area contributed by atoms with Crippen LogP contribution in [0.15, 0.2) is 71.6 Å². The number of nitrogens with zero attached hydrogens (tertiary/aromatic N) is 2. The number of hydrogen-bond acceptors (Lipinski definition) is 2. The van der Waals surface area contributed by atoms with Crippen molar-refractivity contribution < 1.29 is 4.79 Å². The number of amides is 1. The van der Waals surface area contributed by atoms with E-state index in [1.165, 1.54) is 0 Å². The second-order valence-corrected chi connectivity index (χ2v) is 5.28. The number of carbonyl (C=O) groups excluding carboxylic acids is 1. The molecule has 0 atom stereocenters. The number of carbonyl (C=O) groups is 1. The molecule has 0 fully saturated rings. The summed E-state index contributed by atoms with van der Waals surface area (Å²) < 4.78 is 2.65. The fourth-order valence-corrected chi connectivity index (χ4v) is 2.43. The first-order chi connectivity index (χ1) is 10.2. The molecule has 1 amide bonds. The van der Waals surface area contributed by atoms with Gasteiger partial charge in [-0.2, -0.15) is 0 Å². The molecule has 0 saturated carbocycles. The SMILES string of the molecule is O=C(Nc1cccc(-n2cccc2)c1)c1ncccc1Br. The Balaban J connectivity index is 1.84. The Morgan fingerprint density at radius 1 is 1.10 bits per heavy atom. The standard InChI is InChI=1S/C16H12BrN3O/c17-14-7-4-8-18-15(14)16(21)19-12-5-3-6-13(11-12)20-9-1-2-10-20/h1-11H,(H,19,21). The zero-order chi connectivity index (χ0) is 14.7. The fraction of sp³-hybridized carbons (Fsp3) is 0. The Kier molecular flexibility index (Phi) is 3.83. The Labute approximate surface area is 130 Å². The highest BCUT2D eigenvalue weighted by Crippen LogP contribution is 2.18. The minimum atomic E-state index is -0.243. The molecular formula is C16H12BrN3O. The second kappa shape index (κ2) is 5.93. The van der Waals surface area contributed by atoms with Gasteiger partial charge in [0.15, 0.2) is 0 Å². The van der Waals surface area contributed by atoms with Crippen molar-refractivity contribution >= 4 is 27.5 Å². The predicted molar refractivity (Wildman–Crippen MR) is 85.7 cm³/mol. The quantitative estimate of drug-likeness (QED) is 0.785. The lowest BCUT2D eigenvalue weighted by Gasteiger charge is -2.08. The lowest BCUT2D eigenvalue weighted by molar-refractivity contribution is 0.102. The van der Waals surface area contributed by atoms with Gasteiger partial charge < -0.3 is 9.88 Å². The van der Waals surface area contributed by atoms with E-state index in [4.69, 9.17) is 0 Å². The van der Waals surface area contributed by atoms with Crippen LogP contribution in [0.3, 0.4) is 0 Å². The van der Waals surface area contributed by atoms with Crippen LogP contribution < -0.4 is 5.32 Å². The molecule has 4 nitrogen and oxygen atoms in total. The minimum Gasteiger partial charge on any atom is -0.324 e. The number of anilines is 1. The summed E-state index contributed by atoms with van der Waals surface area (Å²) in [7, 11) is 0. The van der Waals surface area contributed by atoms with Gasteiger partial charge in [-0.25, -0.2) is 4.98 Å². The van der Waals surface area contributed by atoms with Gasteiger partial charge in [-0.3, -0.25) is 4.79 Å². The van der Waals surface area contributed by atoms with Gasteiger partial charge in [0.2, 0.25) is 0 Å². The van der Waals surface area contributed by atoms with Crippen LogP contribution in [-0.2, 0) is 0 Å². The van der Waals surface area contributed by atoms with E-state index in [0.29, 0.717) is 10.2 Å². The third-order valence-electron chi connectivity index (χ3n) is 2.98. The van der Waals surface area contributed by atoms with Crippen LogP contribution in [-0.4, -0.2) is 15.5 Å². The maximum atomic E-state index is 12.2. The third kappa shape index (κ3) is 3.03. The molecule has 3 rings (SSSR count). The van der Waals surface area contributed by atoms with Crippen molar-refractivity contribution in [3.63, 3.8) is 0 Å². The summed E-state index contributed by atoms with van der Waals surface area (Å²) in [4.78, 5) is 16.3. The van der Waals surface area contributed by atoms with Gasteiger partial charge in [-0.05, 0) is 58.4 Å². The van der Waals surface area contributed by atoms with Crippen LogP contribution in [0.4, 0.5) is 5.69 Å². The number of pyridine rings is 1. The van der Waals surface area contributed by atoms with Crippen molar-refractivity contribution in [2.75, 3.05) is 5.32 Å². The van der Waals surface area contributed by atoms with E-state index < -0.39 is 0 Å². The summed E-state index contributed by atoms with van der Waals surface area (Å²) in [5.41, 5.74) is 2.07. The topological polar surface area (TPSA) is 46.9 Å². The van der Waals surface area contributed by atoms with Gasteiger partial charge in [0.25, 0.3) is 5.91 Å². The molecule has 0 saturated heterocycles. The molecule has 0 aliphatic heterocycles. The molecule has 2 aromatic heterocycles. The molecule has 104 valence electrons. The highest BCUT2D eigenvalue weighted by Gasteiger charge is 2.11. The molecule has 0 aliphatic rings. The maximum Gasteiger partial charge on any atom is 0.275 e. The Morgan fingerprint density at radius 2 is 1.90 bits per heavy atom. The van der Waals surface area contributed by atoms with Crippen molar-refractivity contribution in [3.05, 3.63) is 77.3 Å². The zero-order valence-electron chi connectivity index (χ0n) is 11.0. The molecule has 1 aromatic carbocycles. The molecule has 21 heavy (non-hydrogen) atoms. The molecular weight excluding hydrogens is 330 g/mol. The predicted octanol–water partition coefficient (Wildman–Crippen LogP) is 3.89. The van der Waals surface area contributed by atoms with Crippen LogP contribution >= 0.6 is 15.9 Å². The number of halogens is 1. The zero-order valence-corrected chi connectivity index (χ0v) is 12.6. The number of benzene rings is 1. The maximum absolute atomic E-state index is 12.2. The fourth-order valence-electron chi connectivity index (χ4n) is 1.99. The highest BCUT2D eigenvalue weighted by molar-refractivity contribution is 9.10. The monoisotopic (exact) mass is 341 g/mol. The summed E-state index contributed by atoms with van der Waals surface area (Å²) in [6.45, 7) is 0. The number of aromatic nitrogens is 2. The molecule has 3 aromatic rings. The third-order valence-corrected chi connectivity index (χ3v) is 3.62. The van der Waals surface area contributed by atoms with Gasteiger partial charge in [-0.15, -0.1) is 0 Å². The van der Waals surface area contributed by atoms with Gasteiger partial charge >= 0.3 is 0 Å². The molecule has 0 unspecified atom stereocenters. The Bertz CT molecular complexity index is 769. The average Bonchev–Trinajstić information content (AvgIpc) is 3.02. The normalized spacial score (nSPS) is 10.3. The second-order valence-electron chi connectivity index (χ2n) is 4.43. The van der Waals surface area contributed by atoms with Crippen LogP contribution in [0, 0.1) is 0 Å². The van der Waals surface area contributed by atoms with Crippen LogP contribution in [0.5, 0.6) is 0 Å². The first-order valence-electron chi connectivity index (χ1n) is 6.39. The average molecular weight is 342 g/mol. The first kappa shape index (κ1) is 13.6. The molecule has 1 N–H and O–H groups in total. The molecule has 0 spiro atoms. The van der Waals surface area contributed by atoms with Crippen molar-refractivity contribution in [1.82, 2.24) is 9.55 Å². The van der Waals surface area contributed by atoms with E-state index >= 15 is 0 Å². The highest BCUT2D eigenvalue weighted by atomic mass is 79.9. The number of nitrogens with one attached hydrogen (secondary N) is 1. The van der Waals surface area contributed by atoms with Crippen LogP contribution in [0.2, 0.25) is 0 Å². The summed E-state index contributed by atoms with van der Waals surface area (Å²) in [6.07, 6.45) is 5.50. The molecule has 5 heteroatoms. The van der Waals surface area contributed by atoms with E-state index in [9.17, 15) is 4.79 Å². The van der Waals surface area contributed by atoms with Gasteiger partial charge in [0.1, 0.15) is 5.69 Å².